The quantitative estimate of drug-likeness (QED) is 0.448. The molecule has 0 aliphatic carbocycles. The summed E-state index contributed by atoms with van der Waals surface area (Å²) in [5, 5.41) is 9.85. The van der Waals surface area contributed by atoms with Crippen LogP contribution >= 0.6 is 0 Å². The van der Waals surface area contributed by atoms with E-state index in [4.69, 9.17) is 4.74 Å². The molecule has 0 aromatic heterocycles. The third-order valence-electron chi connectivity index (χ3n) is 2.57. The number of aliphatic hydroxyl groups is 1. The molecule has 0 spiro atoms. The first kappa shape index (κ1) is 13.6. The largest absolute Gasteiger partial charge is 0.460 e. The summed E-state index contributed by atoms with van der Waals surface area (Å²) < 4.78 is 5.31. The summed E-state index contributed by atoms with van der Waals surface area (Å²) in [6, 6.07) is 6.88. The van der Waals surface area contributed by atoms with Crippen LogP contribution in [0.1, 0.15) is 10.4 Å². The molecular weight excluding hydrogens is 256 g/mol. The average Bonchev–Trinajstić information content (AvgIpc) is 2.32. The minimum absolute atomic E-state index is 0.199. The number of hydrogen-bond acceptors (Lipinski definition) is 3. The van der Waals surface area contributed by atoms with E-state index in [1.807, 2.05) is 0 Å². The van der Waals surface area contributed by atoms with Crippen LogP contribution in [0.5, 0.6) is 5.75 Å². The Morgan fingerprint density at radius 1 is 1.32 bits per heavy atom. The molecule has 0 amide bonds. The van der Waals surface area contributed by atoms with Gasteiger partial charge in [-0.2, -0.15) is 0 Å². The molecule has 1 N–H and O–H groups in total. The maximum atomic E-state index is 12.2. The molecule has 98 valence electrons. The van der Waals surface area contributed by atoms with Crippen LogP contribution in [0.2, 0.25) is 19.6 Å². The second-order valence-electron chi connectivity index (χ2n) is 5.41. The molecule has 0 bridgehead atoms. The summed E-state index contributed by atoms with van der Waals surface area (Å²) in [5.74, 6) is 3.06. The van der Waals surface area contributed by atoms with E-state index in [1.54, 1.807) is 24.3 Å². The Morgan fingerprint density at radius 3 is 2.68 bits per heavy atom. The van der Waals surface area contributed by atoms with Gasteiger partial charge >= 0.3 is 0 Å². The Labute approximate surface area is 113 Å². The lowest BCUT2D eigenvalue weighted by Crippen LogP contribution is -2.29. The van der Waals surface area contributed by atoms with Crippen LogP contribution < -0.4 is 4.74 Å². The fourth-order valence-electron chi connectivity index (χ4n) is 1.68. The van der Waals surface area contributed by atoms with Crippen molar-refractivity contribution in [2.75, 3.05) is 0 Å². The van der Waals surface area contributed by atoms with Gasteiger partial charge in [-0.3, -0.25) is 4.79 Å². The predicted molar refractivity (Wildman–Crippen MR) is 76.6 cm³/mol. The summed E-state index contributed by atoms with van der Waals surface area (Å²) in [7, 11) is -1.50. The molecule has 1 aromatic rings. The van der Waals surface area contributed by atoms with E-state index in [-0.39, 0.29) is 11.4 Å². The zero-order chi connectivity index (χ0) is 14.0. The van der Waals surface area contributed by atoms with Crippen LogP contribution in [-0.2, 0) is 0 Å². The lowest BCUT2D eigenvalue weighted by molar-refractivity contribution is 0.00798. The number of rotatable bonds is 0. The number of allylic oxidation sites excluding steroid dienone is 1. The van der Waals surface area contributed by atoms with Crippen molar-refractivity contribution in [2.45, 2.75) is 25.9 Å². The first-order chi connectivity index (χ1) is 8.88. The summed E-state index contributed by atoms with van der Waals surface area (Å²) in [4.78, 5) is 12.2. The van der Waals surface area contributed by atoms with E-state index in [9.17, 15) is 9.90 Å². The molecule has 1 heterocycles. The van der Waals surface area contributed by atoms with Crippen molar-refractivity contribution in [1.29, 1.82) is 0 Å². The highest BCUT2D eigenvalue weighted by molar-refractivity contribution is 6.83. The monoisotopic (exact) mass is 272 g/mol. The van der Waals surface area contributed by atoms with Crippen molar-refractivity contribution in [3.05, 3.63) is 41.5 Å². The van der Waals surface area contributed by atoms with Crippen molar-refractivity contribution in [2.24, 2.45) is 0 Å². The summed E-state index contributed by atoms with van der Waals surface area (Å²) >= 11 is 0. The van der Waals surface area contributed by atoms with Gasteiger partial charge in [-0.05, 0) is 12.1 Å². The summed E-state index contributed by atoms with van der Waals surface area (Å²) in [6.45, 7) is 6.34. The molecule has 0 saturated heterocycles. The highest BCUT2D eigenvalue weighted by atomic mass is 28.3. The van der Waals surface area contributed by atoms with E-state index < -0.39 is 14.4 Å². The Kier molecular flexibility index (Phi) is 3.61. The lowest BCUT2D eigenvalue weighted by Gasteiger charge is -2.23. The number of ether oxygens (including phenoxy) is 1. The van der Waals surface area contributed by atoms with Crippen molar-refractivity contribution in [3.8, 4) is 17.2 Å². The molecule has 2 rings (SSSR count). The summed E-state index contributed by atoms with van der Waals surface area (Å²) in [6.07, 6.45) is 0.236. The molecule has 1 unspecified atom stereocenters. The number of carbonyl (C=O) groups is 1. The molecule has 1 aliphatic heterocycles. The first-order valence-corrected chi connectivity index (χ1v) is 9.60. The zero-order valence-electron chi connectivity index (χ0n) is 11.2. The van der Waals surface area contributed by atoms with Gasteiger partial charge in [0.2, 0.25) is 6.29 Å². The van der Waals surface area contributed by atoms with Crippen LogP contribution in [0.3, 0.4) is 0 Å². The van der Waals surface area contributed by atoms with Crippen molar-refractivity contribution < 1.29 is 14.6 Å². The number of carbonyl (C=O) groups excluding carboxylic acids is 1. The topological polar surface area (TPSA) is 46.5 Å². The molecule has 0 radical (unpaired) electrons. The van der Waals surface area contributed by atoms with Crippen LogP contribution in [0, 0.1) is 11.5 Å². The number of fused-ring (bicyclic) bond motifs is 1. The fourth-order valence-corrected chi connectivity index (χ4v) is 2.18. The van der Waals surface area contributed by atoms with E-state index in [2.05, 4.69) is 31.1 Å². The maximum Gasteiger partial charge on any atom is 0.228 e. The van der Waals surface area contributed by atoms with Crippen LogP contribution in [-0.4, -0.2) is 25.3 Å². The molecule has 19 heavy (non-hydrogen) atoms. The highest BCUT2D eigenvalue weighted by Crippen LogP contribution is 2.29. The van der Waals surface area contributed by atoms with Gasteiger partial charge in [0.25, 0.3) is 0 Å². The molecule has 0 saturated carbocycles. The molecule has 1 aliphatic rings. The van der Waals surface area contributed by atoms with E-state index in [0.29, 0.717) is 11.3 Å². The second kappa shape index (κ2) is 5.04. The Balaban J connectivity index is 2.36. The van der Waals surface area contributed by atoms with Gasteiger partial charge in [0.05, 0.1) is 11.1 Å². The van der Waals surface area contributed by atoms with E-state index in [0.717, 1.165) is 0 Å². The van der Waals surface area contributed by atoms with Crippen molar-refractivity contribution in [1.82, 2.24) is 0 Å². The van der Waals surface area contributed by atoms with E-state index in [1.165, 1.54) is 6.08 Å². The normalized spacial score (nSPS) is 20.3. The number of hydrogen-bond donors (Lipinski definition) is 1. The van der Waals surface area contributed by atoms with Crippen LogP contribution in [0.4, 0.5) is 0 Å². The van der Waals surface area contributed by atoms with Gasteiger partial charge in [-0.15, -0.1) is 5.54 Å². The second-order valence-corrected chi connectivity index (χ2v) is 10.2. The van der Waals surface area contributed by atoms with Gasteiger partial charge < -0.3 is 9.84 Å². The minimum atomic E-state index is -1.50. The predicted octanol–water partition coefficient (Wildman–Crippen LogP) is 2.39. The molecule has 3 nitrogen and oxygen atoms in total. The number of Topliss-reactive ketones (excluding diaryl/α,β-unsaturated/α-hetero) is 1. The number of benzene rings is 1. The van der Waals surface area contributed by atoms with Gasteiger partial charge in [0, 0.05) is 6.08 Å². The smallest absolute Gasteiger partial charge is 0.228 e. The molecule has 1 aromatic carbocycles. The Bertz CT molecular complexity index is 600. The van der Waals surface area contributed by atoms with Crippen LogP contribution in [0.25, 0.3) is 0 Å². The number of para-hydroxylation sites is 1. The highest BCUT2D eigenvalue weighted by Gasteiger charge is 2.29. The fraction of sp³-hybridized carbons (Fsp3) is 0.267. The third kappa shape index (κ3) is 3.14. The minimum Gasteiger partial charge on any atom is -0.460 e. The first-order valence-electron chi connectivity index (χ1n) is 6.10. The number of ketones is 1. The van der Waals surface area contributed by atoms with Crippen molar-refractivity contribution in [3.63, 3.8) is 0 Å². The Morgan fingerprint density at radius 2 is 2.00 bits per heavy atom. The van der Waals surface area contributed by atoms with Gasteiger partial charge in [0.1, 0.15) is 13.8 Å². The molecule has 0 fully saturated rings. The van der Waals surface area contributed by atoms with Gasteiger partial charge in [-0.1, -0.05) is 37.7 Å². The van der Waals surface area contributed by atoms with Crippen molar-refractivity contribution >= 4 is 13.9 Å². The Hall–Kier alpha value is -1.83. The number of aliphatic hydroxyl groups excluding tert-OH is 1. The molecule has 1 atom stereocenters. The maximum absolute atomic E-state index is 12.2. The standard InChI is InChI=1S/C15H16O3Si/c1-19(2,3)10-6-8-12-14(16)11-7-4-5-9-13(11)18-15(12)17/h4-5,7-9,15,17H,1-3H3/b12-8+. The van der Waals surface area contributed by atoms with Gasteiger partial charge in [-0.25, -0.2) is 0 Å². The summed E-state index contributed by atoms with van der Waals surface area (Å²) in [5.41, 5.74) is 3.79. The molecular formula is C15H16O3Si. The zero-order valence-corrected chi connectivity index (χ0v) is 12.2. The van der Waals surface area contributed by atoms with Crippen LogP contribution in [0.15, 0.2) is 35.9 Å². The SMILES string of the molecule is C[Si](C)(C)C#C/C=C1\C(=O)c2ccccc2OC1O. The average molecular weight is 272 g/mol. The lowest BCUT2D eigenvalue weighted by atomic mass is 9.99. The van der Waals surface area contributed by atoms with E-state index >= 15 is 0 Å². The third-order valence-corrected chi connectivity index (χ3v) is 3.47. The molecule has 4 heteroatoms. The van der Waals surface area contributed by atoms with Gasteiger partial charge in [0.15, 0.2) is 5.78 Å².